The number of hydrogen-bond donors (Lipinski definition) is 1. The maximum absolute atomic E-state index is 13.5. The molecule has 8 heteroatoms. The van der Waals surface area contributed by atoms with E-state index in [1.165, 1.54) is 6.07 Å². The highest BCUT2D eigenvalue weighted by Gasteiger charge is 2.39. The topological polar surface area (TPSA) is 73.4 Å². The number of nitriles is 1. The highest BCUT2D eigenvalue weighted by molar-refractivity contribution is 5.98. The third-order valence-electron chi connectivity index (χ3n) is 5.01. The van der Waals surface area contributed by atoms with Crippen LogP contribution in [0.2, 0.25) is 0 Å². The van der Waals surface area contributed by atoms with E-state index in [1.54, 1.807) is 12.1 Å². The summed E-state index contributed by atoms with van der Waals surface area (Å²) in [4.78, 5) is 14.1. The molecule has 2 aliphatic heterocycles. The van der Waals surface area contributed by atoms with E-state index in [4.69, 9.17) is 5.84 Å². The second kappa shape index (κ2) is 6.08. The fourth-order valence-corrected chi connectivity index (χ4v) is 3.80. The molecule has 0 bridgehead atoms. The van der Waals surface area contributed by atoms with Crippen molar-refractivity contribution >= 4 is 5.91 Å². The molecular formula is C19H15F3N4O. The number of carbonyl (C=O) groups excluding carboxylic acids is 1. The van der Waals surface area contributed by atoms with Crippen molar-refractivity contribution in [1.82, 2.24) is 9.91 Å². The predicted octanol–water partition coefficient (Wildman–Crippen LogP) is 2.92. The first kappa shape index (κ1) is 17.5. The smallest absolute Gasteiger partial charge is 0.291 e. The minimum Gasteiger partial charge on any atom is -0.291 e. The molecule has 0 fully saturated rings. The van der Waals surface area contributed by atoms with Crippen LogP contribution in [0.3, 0.4) is 0 Å². The number of amides is 1. The number of hydrogen-bond acceptors (Lipinski definition) is 4. The minimum atomic E-state index is -4.56. The van der Waals surface area contributed by atoms with Crippen LogP contribution in [-0.2, 0) is 32.4 Å². The van der Waals surface area contributed by atoms with Crippen LogP contribution in [0, 0.1) is 11.3 Å². The number of alkyl halides is 3. The number of hydrazine groups is 1. The number of fused-ring (bicyclic) bond motifs is 2. The normalized spacial score (nSPS) is 16.4. The number of rotatable bonds is 2. The predicted molar refractivity (Wildman–Crippen MR) is 89.6 cm³/mol. The molecule has 1 amide bonds. The third kappa shape index (κ3) is 2.95. The number of carbonyl (C=O) groups is 1. The van der Waals surface area contributed by atoms with Gasteiger partial charge in [-0.15, -0.1) is 0 Å². The lowest BCUT2D eigenvalue weighted by Crippen LogP contribution is -2.30. The maximum atomic E-state index is 13.5. The van der Waals surface area contributed by atoms with Gasteiger partial charge in [0.2, 0.25) is 0 Å². The first-order valence-corrected chi connectivity index (χ1v) is 8.30. The van der Waals surface area contributed by atoms with Crippen molar-refractivity contribution in [3.05, 3.63) is 69.3 Å². The van der Waals surface area contributed by atoms with E-state index in [2.05, 4.69) is 6.07 Å². The Morgan fingerprint density at radius 3 is 2.63 bits per heavy atom. The van der Waals surface area contributed by atoms with Crippen LogP contribution in [-0.4, -0.2) is 15.8 Å². The standard InChI is InChI=1S/C19H15F3N4O/c20-19(21,22)17-5-11(4-14-16(17)10-26(24)18(14)27)7-25-8-13-3-1-2-12(6-23)15(13)9-25/h1-5H,7-10,24H2. The maximum Gasteiger partial charge on any atom is 0.416 e. The zero-order valence-corrected chi connectivity index (χ0v) is 14.2. The van der Waals surface area contributed by atoms with Crippen LogP contribution in [0.4, 0.5) is 13.2 Å². The Labute approximate surface area is 153 Å². The highest BCUT2D eigenvalue weighted by atomic mass is 19.4. The largest absolute Gasteiger partial charge is 0.416 e. The van der Waals surface area contributed by atoms with Gasteiger partial charge in [0.05, 0.1) is 23.7 Å². The number of nitrogens with two attached hydrogens (primary N) is 1. The first-order chi connectivity index (χ1) is 12.8. The van der Waals surface area contributed by atoms with Gasteiger partial charge in [0.15, 0.2) is 0 Å². The van der Waals surface area contributed by atoms with E-state index < -0.39 is 17.6 Å². The van der Waals surface area contributed by atoms with Gasteiger partial charge in [-0.05, 0) is 40.5 Å². The Hall–Kier alpha value is -2.89. The summed E-state index contributed by atoms with van der Waals surface area (Å²) in [5.74, 6) is 4.92. The lowest BCUT2D eigenvalue weighted by molar-refractivity contribution is -0.138. The van der Waals surface area contributed by atoms with Gasteiger partial charge < -0.3 is 0 Å². The van der Waals surface area contributed by atoms with Crippen LogP contribution < -0.4 is 5.84 Å². The monoisotopic (exact) mass is 372 g/mol. The Kier molecular flexibility index (Phi) is 3.94. The van der Waals surface area contributed by atoms with Crippen LogP contribution >= 0.6 is 0 Å². The molecule has 0 radical (unpaired) electrons. The van der Waals surface area contributed by atoms with Crippen molar-refractivity contribution in [2.75, 3.05) is 0 Å². The van der Waals surface area contributed by atoms with E-state index in [0.29, 0.717) is 24.2 Å². The second-order valence-electron chi connectivity index (χ2n) is 6.80. The zero-order chi connectivity index (χ0) is 19.3. The SMILES string of the molecule is N#Cc1cccc2c1CN(Cc1cc3c(c(C(F)(F)F)c1)CN(N)C3=O)C2. The Morgan fingerprint density at radius 2 is 1.93 bits per heavy atom. The molecule has 2 aliphatic rings. The molecule has 0 atom stereocenters. The Balaban J connectivity index is 1.67. The summed E-state index contributed by atoms with van der Waals surface area (Å²) < 4.78 is 40.5. The molecule has 0 saturated carbocycles. The summed E-state index contributed by atoms with van der Waals surface area (Å²) in [5, 5.41) is 10.0. The summed E-state index contributed by atoms with van der Waals surface area (Å²) in [5.41, 5.74) is 2.00. The highest BCUT2D eigenvalue weighted by Crippen LogP contribution is 2.38. The molecule has 0 unspecified atom stereocenters. The number of benzene rings is 2. The summed E-state index contributed by atoms with van der Waals surface area (Å²) >= 11 is 0. The average molecular weight is 372 g/mol. The van der Waals surface area contributed by atoms with Crippen LogP contribution in [0.25, 0.3) is 0 Å². The van der Waals surface area contributed by atoms with Crippen LogP contribution in [0.15, 0.2) is 30.3 Å². The molecule has 0 aliphatic carbocycles. The van der Waals surface area contributed by atoms with Gasteiger partial charge >= 0.3 is 6.18 Å². The van der Waals surface area contributed by atoms with Crippen molar-refractivity contribution in [2.45, 2.75) is 32.4 Å². The van der Waals surface area contributed by atoms with Crippen LogP contribution in [0.5, 0.6) is 0 Å². The molecule has 0 spiro atoms. The summed E-state index contributed by atoms with van der Waals surface area (Å²) in [6.07, 6.45) is -4.56. The second-order valence-corrected chi connectivity index (χ2v) is 6.80. The fraction of sp³-hybridized carbons (Fsp3) is 0.263. The third-order valence-corrected chi connectivity index (χ3v) is 5.01. The summed E-state index contributed by atoms with van der Waals surface area (Å²) in [6.45, 7) is 1.02. The van der Waals surface area contributed by atoms with E-state index >= 15 is 0 Å². The van der Waals surface area contributed by atoms with E-state index in [1.807, 2.05) is 11.0 Å². The summed E-state index contributed by atoms with van der Waals surface area (Å²) in [7, 11) is 0. The van der Waals surface area contributed by atoms with E-state index in [9.17, 15) is 23.2 Å². The van der Waals surface area contributed by atoms with Gasteiger partial charge in [-0.1, -0.05) is 12.1 Å². The molecule has 0 saturated heterocycles. The number of nitrogens with zero attached hydrogens (tertiary/aromatic N) is 3. The van der Waals surface area contributed by atoms with Gasteiger partial charge in [0, 0.05) is 25.2 Å². The van der Waals surface area contributed by atoms with Crippen LogP contribution in [0.1, 0.15) is 43.7 Å². The summed E-state index contributed by atoms with van der Waals surface area (Å²) in [6, 6.07) is 10.2. The van der Waals surface area contributed by atoms with Gasteiger partial charge in [0.1, 0.15) is 0 Å². The fourth-order valence-electron chi connectivity index (χ4n) is 3.80. The van der Waals surface area contributed by atoms with Crippen molar-refractivity contribution in [3.63, 3.8) is 0 Å². The van der Waals surface area contributed by atoms with Gasteiger partial charge in [-0.25, -0.2) is 5.84 Å². The first-order valence-electron chi connectivity index (χ1n) is 8.30. The Bertz CT molecular complexity index is 994. The zero-order valence-electron chi connectivity index (χ0n) is 14.2. The van der Waals surface area contributed by atoms with E-state index in [-0.39, 0.29) is 24.2 Å². The van der Waals surface area contributed by atoms with Gasteiger partial charge in [-0.2, -0.15) is 18.4 Å². The quantitative estimate of drug-likeness (QED) is 0.650. The van der Waals surface area contributed by atoms with Crippen molar-refractivity contribution < 1.29 is 18.0 Å². The minimum absolute atomic E-state index is 0.0109. The lowest BCUT2D eigenvalue weighted by Gasteiger charge is -2.18. The average Bonchev–Trinajstić information content (AvgIpc) is 3.14. The molecule has 4 rings (SSSR count). The molecule has 138 valence electrons. The molecule has 2 N–H and O–H groups in total. The molecule has 0 aromatic heterocycles. The van der Waals surface area contributed by atoms with E-state index in [0.717, 1.165) is 22.2 Å². The lowest BCUT2D eigenvalue weighted by atomic mass is 9.98. The molecule has 27 heavy (non-hydrogen) atoms. The molecule has 5 nitrogen and oxygen atoms in total. The van der Waals surface area contributed by atoms with Gasteiger partial charge in [0.25, 0.3) is 5.91 Å². The molecule has 2 aromatic rings. The number of halogens is 3. The van der Waals surface area contributed by atoms with Crippen molar-refractivity contribution in [3.8, 4) is 6.07 Å². The Morgan fingerprint density at radius 1 is 1.15 bits per heavy atom. The molecule has 2 aromatic carbocycles. The molecule has 2 heterocycles. The van der Waals surface area contributed by atoms with Gasteiger partial charge in [-0.3, -0.25) is 14.7 Å². The van der Waals surface area contributed by atoms with Crippen molar-refractivity contribution in [2.24, 2.45) is 5.84 Å². The molecular weight excluding hydrogens is 357 g/mol. The van der Waals surface area contributed by atoms with Crippen molar-refractivity contribution in [1.29, 1.82) is 5.26 Å².